The molecule has 2 aliphatic rings. The Morgan fingerprint density at radius 2 is 1.69 bits per heavy atom. The molecule has 0 amide bonds. The quantitative estimate of drug-likeness (QED) is 0.762. The molecule has 2 fully saturated rings. The molecule has 0 atom stereocenters. The Kier molecular flexibility index (Phi) is 3.75. The summed E-state index contributed by atoms with van der Waals surface area (Å²) in [7, 11) is -3.01. The fourth-order valence-electron chi connectivity index (χ4n) is 2.13. The largest absolute Gasteiger partial charge is 0.405 e. The maximum atomic E-state index is 12.2. The van der Waals surface area contributed by atoms with E-state index in [4.69, 9.17) is 9.05 Å². The van der Waals surface area contributed by atoms with Gasteiger partial charge in [-0.15, -0.1) is 0 Å². The van der Waals surface area contributed by atoms with Crippen LogP contribution in [0, 0.1) is 5.41 Å². The first-order valence-electron chi connectivity index (χ1n) is 6.16. The highest BCUT2D eigenvalue weighted by Gasteiger charge is 2.38. The van der Waals surface area contributed by atoms with E-state index in [1.54, 1.807) is 0 Å². The average Bonchev–Trinajstić information content (AvgIpc) is 2.25. The Morgan fingerprint density at radius 3 is 2.25 bits per heavy atom. The van der Waals surface area contributed by atoms with Crippen LogP contribution in [0.4, 0.5) is 0 Å². The molecule has 0 radical (unpaired) electrons. The van der Waals surface area contributed by atoms with Gasteiger partial charge in [0.2, 0.25) is 0 Å². The maximum Gasteiger partial charge on any atom is 0.405 e. The highest BCUT2D eigenvalue weighted by molar-refractivity contribution is 7.51. The van der Waals surface area contributed by atoms with Crippen molar-refractivity contribution in [1.29, 1.82) is 0 Å². The number of hydrogen-bond acceptors (Lipinski definition) is 3. The van der Waals surface area contributed by atoms with Gasteiger partial charge in [-0.3, -0.25) is 9.05 Å². The van der Waals surface area contributed by atoms with Gasteiger partial charge < -0.3 is 0 Å². The lowest BCUT2D eigenvalue weighted by Gasteiger charge is -2.36. The van der Waals surface area contributed by atoms with Crippen LogP contribution in [0.1, 0.15) is 46.0 Å². The summed E-state index contributed by atoms with van der Waals surface area (Å²) in [5.41, 5.74) is -0.0256. The summed E-state index contributed by atoms with van der Waals surface area (Å²) in [6.07, 6.45) is 5.88. The minimum atomic E-state index is -3.01. The lowest BCUT2D eigenvalue weighted by molar-refractivity contribution is 0.0352. The molecule has 0 aromatic carbocycles. The fourth-order valence-corrected chi connectivity index (χ4v) is 4.10. The Labute approximate surface area is 97.7 Å². The van der Waals surface area contributed by atoms with E-state index in [0.29, 0.717) is 19.3 Å². The van der Waals surface area contributed by atoms with Crippen molar-refractivity contribution in [2.45, 2.75) is 52.0 Å². The fraction of sp³-hybridized carbons (Fsp3) is 1.00. The minimum absolute atomic E-state index is 0.0256. The molecular formula is C11H22NO3P. The van der Waals surface area contributed by atoms with E-state index >= 15 is 0 Å². The van der Waals surface area contributed by atoms with Crippen molar-refractivity contribution in [2.24, 2.45) is 5.41 Å². The second kappa shape index (κ2) is 4.77. The lowest BCUT2D eigenvalue weighted by Crippen LogP contribution is -2.37. The Bertz CT molecular complexity index is 273. The zero-order valence-electron chi connectivity index (χ0n) is 10.2. The van der Waals surface area contributed by atoms with Crippen molar-refractivity contribution < 1.29 is 13.6 Å². The Hall–Kier alpha value is 0.110. The zero-order chi connectivity index (χ0) is 11.6. The molecule has 0 bridgehead atoms. The highest BCUT2D eigenvalue weighted by atomic mass is 31.2. The molecule has 1 saturated carbocycles. The van der Waals surface area contributed by atoms with Crippen LogP contribution in [0.2, 0.25) is 0 Å². The molecule has 1 heterocycles. The van der Waals surface area contributed by atoms with Gasteiger partial charge in [-0.05, 0) is 12.8 Å². The summed E-state index contributed by atoms with van der Waals surface area (Å²) in [5.74, 6) is 0. The topological polar surface area (TPSA) is 47.6 Å². The molecule has 0 spiro atoms. The van der Waals surface area contributed by atoms with Crippen LogP contribution >= 0.6 is 7.75 Å². The van der Waals surface area contributed by atoms with Crippen molar-refractivity contribution in [3.05, 3.63) is 0 Å². The van der Waals surface area contributed by atoms with Gasteiger partial charge in [-0.25, -0.2) is 9.65 Å². The molecule has 16 heavy (non-hydrogen) atoms. The second-order valence-corrected chi connectivity index (χ2v) is 7.44. The van der Waals surface area contributed by atoms with E-state index < -0.39 is 7.75 Å². The van der Waals surface area contributed by atoms with Crippen LogP contribution in [0.15, 0.2) is 0 Å². The summed E-state index contributed by atoms with van der Waals surface area (Å²) in [4.78, 5) is 0. The van der Waals surface area contributed by atoms with Crippen LogP contribution in [0.5, 0.6) is 0 Å². The van der Waals surface area contributed by atoms with Gasteiger partial charge in [0.15, 0.2) is 0 Å². The molecule has 1 N–H and O–H groups in total. The monoisotopic (exact) mass is 247 g/mol. The lowest BCUT2D eigenvalue weighted by atomic mass is 9.96. The van der Waals surface area contributed by atoms with Crippen LogP contribution in [-0.2, 0) is 13.6 Å². The molecule has 0 aromatic rings. The molecule has 1 saturated heterocycles. The van der Waals surface area contributed by atoms with Crippen molar-refractivity contribution in [1.82, 2.24) is 5.09 Å². The van der Waals surface area contributed by atoms with Gasteiger partial charge in [-0.1, -0.05) is 33.1 Å². The van der Waals surface area contributed by atoms with Gasteiger partial charge in [0.25, 0.3) is 0 Å². The molecular weight excluding hydrogens is 225 g/mol. The summed E-state index contributed by atoms with van der Waals surface area (Å²) >= 11 is 0. The van der Waals surface area contributed by atoms with Gasteiger partial charge >= 0.3 is 7.75 Å². The van der Waals surface area contributed by atoms with Gasteiger partial charge in [-0.2, -0.15) is 0 Å². The number of rotatable bonds is 2. The number of hydrogen-bond donors (Lipinski definition) is 1. The van der Waals surface area contributed by atoms with Crippen LogP contribution < -0.4 is 5.09 Å². The summed E-state index contributed by atoms with van der Waals surface area (Å²) in [5, 5.41) is 3.08. The third kappa shape index (κ3) is 3.30. The van der Waals surface area contributed by atoms with E-state index in [1.165, 1.54) is 19.3 Å². The normalized spacial score (nSPS) is 30.1. The van der Waals surface area contributed by atoms with Crippen LogP contribution in [0.25, 0.3) is 0 Å². The maximum absolute atomic E-state index is 12.2. The first-order valence-corrected chi connectivity index (χ1v) is 7.70. The van der Waals surface area contributed by atoms with Gasteiger partial charge in [0.1, 0.15) is 0 Å². The Morgan fingerprint density at radius 1 is 1.12 bits per heavy atom. The third-order valence-electron chi connectivity index (χ3n) is 3.20. The highest BCUT2D eigenvalue weighted by Crippen LogP contribution is 2.51. The van der Waals surface area contributed by atoms with Crippen molar-refractivity contribution in [2.75, 3.05) is 13.2 Å². The van der Waals surface area contributed by atoms with Gasteiger partial charge in [0, 0.05) is 11.5 Å². The zero-order valence-corrected chi connectivity index (χ0v) is 11.1. The molecule has 94 valence electrons. The van der Waals surface area contributed by atoms with Crippen molar-refractivity contribution in [3.8, 4) is 0 Å². The Balaban J connectivity index is 1.86. The van der Waals surface area contributed by atoms with E-state index in [1.807, 2.05) is 0 Å². The molecule has 0 unspecified atom stereocenters. The first kappa shape index (κ1) is 12.6. The molecule has 0 aromatic heterocycles. The van der Waals surface area contributed by atoms with Gasteiger partial charge in [0.05, 0.1) is 13.2 Å². The van der Waals surface area contributed by atoms with E-state index in [2.05, 4.69) is 18.9 Å². The summed E-state index contributed by atoms with van der Waals surface area (Å²) in [6.45, 7) is 5.11. The van der Waals surface area contributed by atoms with E-state index in [9.17, 15) is 4.57 Å². The van der Waals surface area contributed by atoms with Crippen LogP contribution in [-0.4, -0.2) is 19.3 Å². The predicted molar refractivity (Wildman–Crippen MR) is 63.3 cm³/mol. The SMILES string of the molecule is CC1(C)COP(=O)(NC2CCCCC2)OC1. The smallest absolute Gasteiger partial charge is 0.296 e. The molecule has 2 rings (SSSR count). The first-order chi connectivity index (χ1) is 7.49. The van der Waals surface area contributed by atoms with Crippen molar-refractivity contribution in [3.63, 3.8) is 0 Å². The summed E-state index contributed by atoms with van der Waals surface area (Å²) < 4.78 is 23.0. The average molecular weight is 247 g/mol. The predicted octanol–water partition coefficient (Wildman–Crippen LogP) is 3.09. The second-order valence-electron chi connectivity index (χ2n) is 5.67. The molecule has 1 aliphatic heterocycles. The number of nitrogens with one attached hydrogen (secondary N) is 1. The molecule has 1 aliphatic carbocycles. The standard InChI is InChI=1S/C11H22NO3P/c1-11(2)8-14-16(13,15-9-11)12-10-6-4-3-5-7-10/h10H,3-9H2,1-2H3,(H,12,13). The van der Waals surface area contributed by atoms with Crippen molar-refractivity contribution >= 4 is 7.75 Å². The summed E-state index contributed by atoms with van der Waals surface area (Å²) in [6, 6.07) is 0.306. The van der Waals surface area contributed by atoms with Crippen LogP contribution in [0.3, 0.4) is 0 Å². The molecule has 4 nitrogen and oxygen atoms in total. The van der Waals surface area contributed by atoms with E-state index in [0.717, 1.165) is 12.8 Å². The minimum Gasteiger partial charge on any atom is -0.296 e. The molecule has 5 heteroatoms. The third-order valence-corrected chi connectivity index (χ3v) is 4.82. The van der Waals surface area contributed by atoms with E-state index in [-0.39, 0.29) is 5.41 Å².